The third kappa shape index (κ3) is 6.65. The van der Waals surface area contributed by atoms with E-state index in [-0.39, 0.29) is 51.4 Å². The molecule has 0 amide bonds. The van der Waals surface area contributed by atoms with Crippen molar-refractivity contribution < 1.29 is 82.2 Å². The molecule has 90 valence electrons. The Kier molecular flexibility index (Phi) is 6.50. The Morgan fingerprint density at radius 1 is 1.18 bits per heavy atom. The van der Waals surface area contributed by atoms with E-state index < -0.39 is 31.1 Å². The SMILES string of the molecule is F[B-](F)(F)c1ccc(OCC(F)(F)F)nc1.[K+]. The van der Waals surface area contributed by atoms with Crippen LogP contribution in [0.25, 0.3) is 0 Å². The summed E-state index contributed by atoms with van der Waals surface area (Å²) in [5, 5.41) is 0. The number of alkyl halides is 3. The van der Waals surface area contributed by atoms with Crippen LogP contribution in [0.15, 0.2) is 18.3 Å². The summed E-state index contributed by atoms with van der Waals surface area (Å²) in [6.45, 7) is -6.78. The molecule has 1 aromatic heterocycles. The second kappa shape index (κ2) is 6.41. The van der Waals surface area contributed by atoms with Crippen molar-refractivity contribution in [2.24, 2.45) is 0 Å². The van der Waals surface area contributed by atoms with Crippen molar-refractivity contribution in [2.45, 2.75) is 6.18 Å². The molecule has 10 heteroatoms. The number of rotatable bonds is 3. The Morgan fingerprint density at radius 3 is 2.12 bits per heavy atom. The van der Waals surface area contributed by atoms with Crippen molar-refractivity contribution in [3.8, 4) is 5.88 Å². The zero-order valence-electron chi connectivity index (χ0n) is 8.64. The first-order valence-corrected chi connectivity index (χ1v) is 4.04. The molecule has 1 aromatic rings. The zero-order chi connectivity index (χ0) is 12.4. The number of hydrogen-bond donors (Lipinski definition) is 0. The van der Waals surface area contributed by atoms with Crippen LogP contribution in [0.5, 0.6) is 5.88 Å². The quantitative estimate of drug-likeness (QED) is 0.529. The van der Waals surface area contributed by atoms with Crippen molar-refractivity contribution in [3.63, 3.8) is 0 Å². The standard InChI is InChI=1S/C7H5BF6NO.K/c9-7(10,11)4-16-6-2-1-5(3-15-6)8(12,13)14;/h1-3H,4H2;/q-1;+1. The fourth-order valence-electron chi connectivity index (χ4n) is 0.827. The second-order valence-electron chi connectivity index (χ2n) is 2.91. The van der Waals surface area contributed by atoms with Crippen LogP contribution in [-0.2, 0) is 0 Å². The molecule has 1 heterocycles. The van der Waals surface area contributed by atoms with Crippen LogP contribution in [0.3, 0.4) is 0 Å². The molecular formula is C7H5BF6KNO. The fourth-order valence-corrected chi connectivity index (χ4v) is 0.827. The van der Waals surface area contributed by atoms with Gasteiger partial charge in [-0.15, -0.1) is 0 Å². The molecule has 0 aliphatic carbocycles. The molecule has 0 aromatic carbocycles. The number of halogens is 6. The number of pyridine rings is 1. The summed E-state index contributed by atoms with van der Waals surface area (Å²) in [6, 6.07) is 1.37. The average Bonchev–Trinajstić information content (AvgIpc) is 2.13. The number of aromatic nitrogens is 1. The van der Waals surface area contributed by atoms with Crippen LogP contribution in [0.1, 0.15) is 0 Å². The van der Waals surface area contributed by atoms with E-state index in [1.54, 1.807) is 0 Å². The van der Waals surface area contributed by atoms with Gasteiger partial charge < -0.3 is 17.7 Å². The number of nitrogens with zero attached hydrogens (tertiary/aromatic N) is 1. The van der Waals surface area contributed by atoms with Crippen molar-refractivity contribution in [3.05, 3.63) is 18.3 Å². The molecule has 17 heavy (non-hydrogen) atoms. The summed E-state index contributed by atoms with van der Waals surface area (Å²) in [5.41, 5.74) is -0.987. The predicted molar refractivity (Wildman–Crippen MR) is 44.5 cm³/mol. The Hall–Kier alpha value is 0.231. The van der Waals surface area contributed by atoms with Gasteiger partial charge in [0.15, 0.2) is 6.61 Å². The summed E-state index contributed by atoms with van der Waals surface area (Å²) in [6.07, 6.45) is -4.11. The van der Waals surface area contributed by atoms with Crippen LogP contribution in [-0.4, -0.2) is 24.7 Å². The van der Waals surface area contributed by atoms with E-state index in [1.165, 1.54) is 0 Å². The molecule has 0 bridgehead atoms. The molecule has 0 aliphatic rings. The van der Waals surface area contributed by atoms with E-state index in [1.807, 2.05) is 0 Å². The molecule has 0 unspecified atom stereocenters. The average molecular weight is 283 g/mol. The van der Waals surface area contributed by atoms with Crippen molar-refractivity contribution in [1.29, 1.82) is 0 Å². The third-order valence-corrected chi connectivity index (χ3v) is 1.52. The molecule has 0 N–H and O–H groups in total. The normalized spacial score (nSPS) is 11.9. The monoisotopic (exact) mass is 283 g/mol. The van der Waals surface area contributed by atoms with Gasteiger partial charge in [-0.25, -0.2) is 4.98 Å². The van der Waals surface area contributed by atoms with Gasteiger partial charge in [-0.2, -0.15) is 13.2 Å². The van der Waals surface area contributed by atoms with Crippen molar-refractivity contribution in [2.75, 3.05) is 6.61 Å². The van der Waals surface area contributed by atoms with Gasteiger partial charge in [0.05, 0.1) is 0 Å². The maximum Gasteiger partial charge on any atom is 1.00 e. The summed E-state index contributed by atoms with van der Waals surface area (Å²) in [4.78, 5) is 3.12. The van der Waals surface area contributed by atoms with Gasteiger partial charge in [0.1, 0.15) is 0 Å². The maximum absolute atomic E-state index is 12.1. The minimum atomic E-state index is -5.20. The molecular weight excluding hydrogens is 278 g/mol. The van der Waals surface area contributed by atoms with Crippen molar-refractivity contribution in [1.82, 2.24) is 4.98 Å². The number of ether oxygens (including phenoxy) is 1. The van der Waals surface area contributed by atoms with E-state index in [9.17, 15) is 26.1 Å². The summed E-state index contributed by atoms with van der Waals surface area (Å²) >= 11 is 0. The van der Waals surface area contributed by atoms with Crippen LogP contribution in [0, 0.1) is 0 Å². The second-order valence-corrected chi connectivity index (χ2v) is 2.91. The molecule has 0 spiro atoms. The minimum Gasteiger partial charge on any atom is -0.468 e. The first-order valence-electron chi connectivity index (χ1n) is 4.04. The largest absolute Gasteiger partial charge is 1.00 e. The van der Waals surface area contributed by atoms with Crippen LogP contribution < -0.4 is 61.6 Å². The van der Waals surface area contributed by atoms with Crippen LogP contribution in [0.4, 0.5) is 26.1 Å². The van der Waals surface area contributed by atoms with Gasteiger partial charge in [0.2, 0.25) is 5.88 Å². The topological polar surface area (TPSA) is 22.1 Å². The minimum absolute atomic E-state index is 0. The Morgan fingerprint density at radius 2 is 1.76 bits per heavy atom. The molecule has 0 aliphatic heterocycles. The molecule has 0 saturated heterocycles. The Balaban J connectivity index is 0.00000256. The smallest absolute Gasteiger partial charge is 0.468 e. The first kappa shape index (κ1) is 17.2. The van der Waals surface area contributed by atoms with Gasteiger partial charge >= 0.3 is 64.5 Å². The van der Waals surface area contributed by atoms with Gasteiger partial charge in [0.25, 0.3) is 0 Å². The number of hydrogen-bond acceptors (Lipinski definition) is 2. The van der Waals surface area contributed by atoms with E-state index in [0.717, 1.165) is 6.07 Å². The molecule has 0 atom stereocenters. The molecule has 0 saturated carbocycles. The van der Waals surface area contributed by atoms with E-state index >= 15 is 0 Å². The maximum atomic E-state index is 12.1. The Bertz CT molecular complexity index is 351. The van der Waals surface area contributed by atoms with Crippen LogP contribution in [0.2, 0.25) is 0 Å². The molecule has 0 fully saturated rings. The predicted octanol–water partition coefficient (Wildman–Crippen LogP) is -0.919. The van der Waals surface area contributed by atoms with Gasteiger partial charge in [-0.3, -0.25) is 0 Å². The van der Waals surface area contributed by atoms with E-state index in [4.69, 9.17) is 0 Å². The van der Waals surface area contributed by atoms with Gasteiger partial charge in [-0.05, 0) is 6.07 Å². The van der Waals surface area contributed by atoms with Gasteiger partial charge in [0, 0.05) is 6.20 Å². The fraction of sp³-hybridized carbons (Fsp3) is 0.286. The van der Waals surface area contributed by atoms with Crippen molar-refractivity contribution >= 4 is 12.4 Å². The van der Waals surface area contributed by atoms with E-state index in [2.05, 4.69) is 9.72 Å². The van der Waals surface area contributed by atoms with Gasteiger partial charge in [-0.1, -0.05) is 11.5 Å². The summed E-state index contributed by atoms with van der Waals surface area (Å²) < 4.78 is 75.5. The molecule has 2 nitrogen and oxygen atoms in total. The van der Waals surface area contributed by atoms with Crippen LogP contribution >= 0.6 is 0 Å². The molecule has 1 rings (SSSR count). The Labute approximate surface area is 135 Å². The zero-order valence-corrected chi connectivity index (χ0v) is 11.8. The third-order valence-electron chi connectivity index (χ3n) is 1.52. The summed E-state index contributed by atoms with van der Waals surface area (Å²) in [5.74, 6) is -0.499. The van der Waals surface area contributed by atoms with E-state index in [0.29, 0.717) is 12.3 Å². The summed E-state index contributed by atoms with van der Waals surface area (Å²) in [7, 11) is 0. The molecule has 0 radical (unpaired) electrons. The first-order chi connectivity index (χ1) is 7.18.